The van der Waals surface area contributed by atoms with Crippen molar-refractivity contribution in [1.29, 1.82) is 0 Å². The highest BCUT2D eigenvalue weighted by molar-refractivity contribution is 6.33. The predicted molar refractivity (Wildman–Crippen MR) is 108 cm³/mol. The number of amides is 2. The van der Waals surface area contributed by atoms with Gasteiger partial charge in [-0.15, -0.1) is 0 Å². The minimum absolute atomic E-state index is 0.0702. The van der Waals surface area contributed by atoms with Crippen LogP contribution in [0, 0.1) is 0 Å². The Labute approximate surface area is 165 Å². The summed E-state index contributed by atoms with van der Waals surface area (Å²) in [6, 6.07) is 16.6. The third-order valence-corrected chi connectivity index (χ3v) is 5.12. The largest absolute Gasteiger partial charge is 0.345 e. The summed E-state index contributed by atoms with van der Waals surface area (Å²) < 4.78 is 0. The highest BCUT2D eigenvalue weighted by atomic mass is 35.5. The highest BCUT2D eigenvalue weighted by Crippen LogP contribution is 2.31. The average molecular weight is 385 g/mol. The Bertz CT molecular complexity index is 801. The second-order valence-corrected chi connectivity index (χ2v) is 7.65. The Morgan fingerprint density at radius 3 is 2.30 bits per heavy atom. The molecule has 0 aliphatic heterocycles. The first-order chi connectivity index (χ1) is 13.0. The number of carbonyl (C=O) groups is 2. The normalized spacial score (nSPS) is 14.7. The van der Waals surface area contributed by atoms with Crippen molar-refractivity contribution in [2.24, 2.45) is 0 Å². The van der Waals surface area contributed by atoms with Crippen molar-refractivity contribution in [2.45, 2.75) is 51.2 Å². The lowest BCUT2D eigenvalue weighted by Crippen LogP contribution is -2.41. The predicted octanol–water partition coefficient (Wildman–Crippen LogP) is 4.60. The molecule has 0 radical (unpaired) electrons. The van der Waals surface area contributed by atoms with Gasteiger partial charge in [0.05, 0.1) is 23.0 Å². The van der Waals surface area contributed by atoms with Crippen molar-refractivity contribution in [3.8, 4) is 0 Å². The number of benzene rings is 2. The van der Waals surface area contributed by atoms with Crippen molar-refractivity contribution >= 4 is 23.4 Å². The van der Waals surface area contributed by atoms with Gasteiger partial charge in [0.1, 0.15) is 0 Å². The first kappa shape index (κ1) is 19.4. The molecule has 1 aliphatic carbocycles. The minimum Gasteiger partial charge on any atom is -0.345 e. The molecule has 4 nitrogen and oxygen atoms in total. The lowest BCUT2D eigenvalue weighted by atomic mass is 10.0. The molecule has 0 heterocycles. The third kappa shape index (κ3) is 4.89. The van der Waals surface area contributed by atoms with Gasteiger partial charge < -0.3 is 10.2 Å². The van der Waals surface area contributed by atoms with Crippen molar-refractivity contribution in [1.82, 2.24) is 10.2 Å². The summed E-state index contributed by atoms with van der Waals surface area (Å²) in [7, 11) is 0. The molecule has 142 valence electrons. The van der Waals surface area contributed by atoms with E-state index in [-0.39, 0.29) is 24.3 Å². The summed E-state index contributed by atoms with van der Waals surface area (Å²) in [5.41, 5.74) is 1.32. The van der Waals surface area contributed by atoms with Crippen LogP contribution < -0.4 is 5.32 Å². The van der Waals surface area contributed by atoms with Gasteiger partial charge in [-0.1, -0.05) is 54.1 Å². The smallest absolute Gasteiger partial charge is 0.253 e. The van der Waals surface area contributed by atoms with Gasteiger partial charge in [-0.3, -0.25) is 9.59 Å². The van der Waals surface area contributed by atoms with Gasteiger partial charge in [0.25, 0.3) is 5.91 Å². The lowest BCUT2D eigenvalue weighted by Gasteiger charge is -2.29. The topological polar surface area (TPSA) is 49.4 Å². The highest BCUT2D eigenvalue weighted by Gasteiger charge is 2.35. The van der Waals surface area contributed by atoms with Crippen LogP contribution in [0.1, 0.15) is 55.1 Å². The number of hydrogen-bond donors (Lipinski definition) is 1. The fraction of sp³-hybridized carbons (Fsp3) is 0.364. The number of halogens is 1. The maximum atomic E-state index is 13.0. The number of nitrogens with zero attached hydrogens (tertiary/aromatic N) is 1. The zero-order valence-electron chi connectivity index (χ0n) is 15.7. The molecule has 0 bridgehead atoms. The molecule has 2 aromatic rings. The van der Waals surface area contributed by atoms with E-state index in [1.807, 2.05) is 49.1 Å². The molecule has 27 heavy (non-hydrogen) atoms. The van der Waals surface area contributed by atoms with Crippen LogP contribution in [0.5, 0.6) is 0 Å². The van der Waals surface area contributed by atoms with E-state index in [0.717, 1.165) is 18.4 Å². The van der Waals surface area contributed by atoms with Gasteiger partial charge >= 0.3 is 0 Å². The fourth-order valence-electron chi connectivity index (χ4n) is 3.36. The SMILES string of the molecule is CC(C)N(C(=O)CC(NC(=O)c1ccccc1Cl)c1ccccc1)C1CC1. The van der Waals surface area contributed by atoms with E-state index in [4.69, 9.17) is 11.6 Å². The number of rotatable bonds is 7. The van der Waals surface area contributed by atoms with Crippen LogP contribution >= 0.6 is 11.6 Å². The van der Waals surface area contributed by atoms with Crippen LogP contribution in [0.2, 0.25) is 5.02 Å². The van der Waals surface area contributed by atoms with E-state index in [1.165, 1.54) is 0 Å². The first-order valence-corrected chi connectivity index (χ1v) is 9.76. The molecule has 1 atom stereocenters. The van der Waals surface area contributed by atoms with Crippen molar-refractivity contribution < 1.29 is 9.59 Å². The number of nitrogens with one attached hydrogen (secondary N) is 1. The zero-order valence-corrected chi connectivity index (χ0v) is 16.4. The Balaban J connectivity index is 1.80. The molecular formula is C22H25ClN2O2. The van der Waals surface area contributed by atoms with Gasteiger partial charge in [0.2, 0.25) is 5.91 Å². The van der Waals surface area contributed by atoms with Gasteiger partial charge in [-0.2, -0.15) is 0 Å². The number of carbonyl (C=O) groups excluding carboxylic acids is 2. The van der Waals surface area contributed by atoms with Crippen molar-refractivity contribution in [3.05, 3.63) is 70.7 Å². The zero-order chi connectivity index (χ0) is 19.4. The molecule has 0 aromatic heterocycles. The monoisotopic (exact) mass is 384 g/mol. The molecule has 1 unspecified atom stereocenters. The quantitative estimate of drug-likeness (QED) is 0.758. The maximum absolute atomic E-state index is 13.0. The molecule has 0 spiro atoms. The Kier molecular flexibility index (Phi) is 6.17. The molecule has 3 rings (SSSR count). The third-order valence-electron chi connectivity index (χ3n) is 4.79. The molecular weight excluding hydrogens is 360 g/mol. The van der Waals surface area contributed by atoms with Crippen LogP contribution in [0.15, 0.2) is 54.6 Å². The van der Waals surface area contributed by atoms with Crippen LogP contribution in [0.4, 0.5) is 0 Å². The Hall–Kier alpha value is -2.33. The molecule has 1 fully saturated rings. The van der Waals surface area contributed by atoms with E-state index in [2.05, 4.69) is 5.32 Å². The standard InChI is InChI=1S/C22H25ClN2O2/c1-15(2)25(17-12-13-17)21(26)14-20(16-8-4-3-5-9-16)24-22(27)18-10-6-7-11-19(18)23/h3-11,15,17,20H,12-14H2,1-2H3,(H,24,27). The Morgan fingerprint density at radius 1 is 1.07 bits per heavy atom. The van der Waals surface area contributed by atoms with Gasteiger partial charge in [0, 0.05) is 12.1 Å². The second kappa shape index (κ2) is 8.57. The van der Waals surface area contributed by atoms with E-state index < -0.39 is 6.04 Å². The lowest BCUT2D eigenvalue weighted by molar-refractivity contribution is -0.134. The van der Waals surface area contributed by atoms with E-state index in [0.29, 0.717) is 16.6 Å². The van der Waals surface area contributed by atoms with Crippen LogP contribution in [0.3, 0.4) is 0 Å². The van der Waals surface area contributed by atoms with Gasteiger partial charge in [-0.25, -0.2) is 0 Å². The minimum atomic E-state index is -0.400. The summed E-state index contributed by atoms with van der Waals surface area (Å²) in [4.78, 5) is 27.7. The van der Waals surface area contributed by atoms with Crippen molar-refractivity contribution in [3.63, 3.8) is 0 Å². The summed E-state index contributed by atoms with van der Waals surface area (Å²) in [6.07, 6.45) is 2.35. The molecule has 1 N–H and O–H groups in total. The summed E-state index contributed by atoms with van der Waals surface area (Å²) >= 11 is 6.16. The average Bonchev–Trinajstić information content (AvgIpc) is 3.47. The van der Waals surface area contributed by atoms with Gasteiger partial charge in [-0.05, 0) is 44.4 Å². The van der Waals surface area contributed by atoms with Crippen LogP contribution in [-0.2, 0) is 4.79 Å². The van der Waals surface area contributed by atoms with Crippen molar-refractivity contribution in [2.75, 3.05) is 0 Å². The first-order valence-electron chi connectivity index (χ1n) is 9.39. The molecule has 0 saturated heterocycles. The van der Waals surface area contributed by atoms with Gasteiger partial charge in [0.15, 0.2) is 0 Å². The van der Waals surface area contributed by atoms with E-state index >= 15 is 0 Å². The number of hydrogen-bond acceptors (Lipinski definition) is 2. The summed E-state index contributed by atoms with van der Waals surface area (Å²) in [5.74, 6) is -0.203. The molecule has 2 amide bonds. The fourth-order valence-corrected chi connectivity index (χ4v) is 3.59. The molecule has 2 aromatic carbocycles. The van der Waals surface area contributed by atoms with E-state index in [1.54, 1.807) is 24.3 Å². The maximum Gasteiger partial charge on any atom is 0.253 e. The Morgan fingerprint density at radius 2 is 1.70 bits per heavy atom. The van der Waals surface area contributed by atoms with Crippen LogP contribution in [-0.4, -0.2) is 28.8 Å². The van der Waals surface area contributed by atoms with E-state index in [9.17, 15) is 9.59 Å². The molecule has 1 saturated carbocycles. The summed E-state index contributed by atoms with van der Waals surface area (Å²) in [5, 5.41) is 3.40. The van der Waals surface area contributed by atoms with Crippen LogP contribution in [0.25, 0.3) is 0 Å². The molecule has 5 heteroatoms. The summed E-state index contributed by atoms with van der Waals surface area (Å²) in [6.45, 7) is 4.08. The second-order valence-electron chi connectivity index (χ2n) is 7.25. The molecule has 1 aliphatic rings.